The van der Waals surface area contributed by atoms with Crippen molar-refractivity contribution in [2.75, 3.05) is 11.1 Å². The van der Waals surface area contributed by atoms with Crippen molar-refractivity contribution in [1.82, 2.24) is 9.97 Å². The maximum Gasteiger partial charge on any atom is 0.224 e. The topological polar surface area (TPSA) is 63.8 Å². The fraction of sp³-hybridized carbons (Fsp3) is 0.286. The van der Waals surface area contributed by atoms with Gasteiger partial charge in [0.25, 0.3) is 0 Å². The molecule has 0 aliphatic carbocycles. The molecule has 4 nitrogen and oxygen atoms in total. The molecular formula is C14H17ClN4. The number of hydrogen-bond donors (Lipinski definition) is 2. The highest BCUT2D eigenvalue weighted by atomic mass is 35.5. The molecule has 0 fully saturated rings. The van der Waals surface area contributed by atoms with Gasteiger partial charge in [-0.3, -0.25) is 0 Å². The van der Waals surface area contributed by atoms with Crippen LogP contribution < -0.4 is 11.1 Å². The normalized spacial score (nSPS) is 10.5. The minimum absolute atomic E-state index is 0.191. The summed E-state index contributed by atoms with van der Waals surface area (Å²) in [4.78, 5) is 8.11. The Morgan fingerprint density at radius 2 is 1.89 bits per heavy atom. The van der Waals surface area contributed by atoms with Gasteiger partial charge in [-0.05, 0) is 42.6 Å². The molecule has 0 atom stereocenters. The van der Waals surface area contributed by atoms with Crippen molar-refractivity contribution in [3.63, 3.8) is 0 Å². The number of nitrogen functional groups attached to an aromatic ring is 1. The molecule has 0 unspecified atom stereocenters. The molecule has 3 N–H and O–H groups in total. The Morgan fingerprint density at radius 3 is 2.53 bits per heavy atom. The Hall–Kier alpha value is -1.81. The van der Waals surface area contributed by atoms with E-state index in [4.69, 9.17) is 17.3 Å². The zero-order valence-electron chi connectivity index (χ0n) is 11.1. The van der Waals surface area contributed by atoms with Crippen LogP contribution in [-0.2, 0) is 6.42 Å². The van der Waals surface area contributed by atoms with Gasteiger partial charge in [-0.25, -0.2) is 4.98 Å². The first-order valence-corrected chi connectivity index (χ1v) is 6.63. The first-order chi connectivity index (χ1) is 9.10. The van der Waals surface area contributed by atoms with Crippen LogP contribution in [0.4, 0.5) is 17.2 Å². The largest absolute Gasteiger partial charge is 0.394 e. The highest BCUT2D eigenvalue weighted by Crippen LogP contribution is 2.24. The van der Waals surface area contributed by atoms with Crippen LogP contribution >= 0.6 is 11.6 Å². The van der Waals surface area contributed by atoms with E-state index in [-0.39, 0.29) is 5.28 Å². The molecule has 0 aliphatic heterocycles. The summed E-state index contributed by atoms with van der Waals surface area (Å²) in [6.07, 6.45) is 2.22. The zero-order chi connectivity index (χ0) is 13.8. The average Bonchev–Trinajstić information content (AvgIpc) is 2.38. The Kier molecular flexibility index (Phi) is 4.22. The number of rotatable bonds is 4. The van der Waals surface area contributed by atoms with Gasteiger partial charge in [-0.15, -0.1) is 0 Å². The molecule has 1 heterocycles. The Bertz CT molecular complexity index is 566. The SMILES string of the molecule is CCCc1ccc(Nc2nc(Cl)nc(C)c2N)cc1. The van der Waals surface area contributed by atoms with E-state index in [0.29, 0.717) is 17.2 Å². The van der Waals surface area contributed by atoms with E-state index >= 15 is 0 Å². The number of nitrogens with one attached hydrogen (secondary N) is 1. The molecule has 19 heavy (non-hydrogen) atoms. The second kappa shape index (κ2) is 5.89. The lowest BCUT2D eigenvalue weighted by Gasteiger charge is -2.10. The van der Waals surface area contributed by atoms with Crippen LogP contribution in [0, 0.1) is 6.92 Å². The Balaban J connectivity index is 2.21. The van der Waals surface area contributed by atoms with Crippen LogP contribution in [-0.4, -0.2) is 9.97 Å². The summed E-state index contributed by atoms with van der Waals surface area (Å²) in [6, 6.07) is 8.21. The van der Waals surface area contributed by atoms with Gasteiger partial charge in [-0.2, -0.15) is 4.98 Å². The second-order valence-electron chi connectivity index (χ2n) is 4.41. The molecule has 0 saturated heterocycles. The standard InChI is InChI=1S/C14H17ClN4/c1-3-4-10-5-7-11(8-6-10)18-13-12(16)9(2)17-14(15)19-13/h5-8H,3-4,16H2,1-2H3,(H,17,18,19). The van der Waals surface area contributed by atoms with Gasteiger partial charge in [-0.1, -0.05) is 25.5 Å². The van der Waals surface area contributed by atoms with Gasteiger partial charge in [0.2, 0.25) is 5.28 Å². The first kappa shape index (κ1) is 13.6. The third-order valence-electron chi connectivity index (χ3n) is 2.86. The summed E-state index contributed by atoms with van der Waals surface area (Å²) in [6.45, 7) is 3.97. The minimum atomic E-state index is 0.191. The lowest BCUT2D eigenvalue weighted by Crippen LogP contribution is -2.03. The zero-order valence-corrected chi connectivity index (χ0v) is 11.8. The number of aryl methyl sites for hydroxylation is 2. The number of nitrogens with two attached hydrogens (primary N) is 1. The molecule has 2 rings (SSSR count). The summed E-state index contributed by atoms with van der Waals surface area (Å²) >= 11 is 5.84. The summed E-state index contributed by atoms with van der Waals surface area (Å²) in [5.41, 5.74) is 9.37. The predicted molar refractivity (Wildman–Crippen MR) is 79.9 cm³/mol. The minimum Gasteiger partial charge on any atom is -0.394 e. The van der Waals surface area contributed by atoms with Gasteiger partial charge in [0.15, 0.2) is 5.82 Å². The maximum atomic E-state index is 5.93. The smallest absolute Gasteiger partial charge is 0.224 e. The third-order valence-corrected chi connectivity index (χ3v) is 3.03. The third kappa shape index (κ3) is 3.35. The van der Waals surface area contributed by atoms with Crippen molar-refractivity contribution < 1.29 is 0 Å². The van der Waals surface area contributed by atoms with E-state index < -0.39 is 0 Å². The second-order valence-corrected chi connectivity index (χ2v) is 4.75. The highest BCUT2D eigenvalue weighted by molar-refractivity contribution is 6.28. The van der Waals surface area contributed by atoms with E-state index in [1.165, 1.54) is 5.56 Å². The Labute approximate surface area is 118 Å². The van der Waals surface area contributed by atoms with Crippen molar-refractivity contribution >= 4 is 28.8 Å². The van der Waals surface area contributed by atoms with Crippen LogP contribution in [0.2, 0.25) is 5.28 Å². The van der Waals surface area contributed by atoms with Crippen molar-refractivity contribution in [2.24, 2.45) is 0 Å². The molecular weight excluding hydrogens is 260 g/mol. The summed E-state index contributed by atoms with van der Waals surface area (Å²) < 4.78 is 0. The van der Waals surface area contributed by atoms with E-state index in [0.717, 1.165) is 18.5 Å². The lowest BCUT2D eigenvalue weighted by atomic mass is 10.1. The molecule has 0 saturated carbocycles. The van der Waals surface area contributed by atoms with Crippen LogP contribution in [0.3, 0.4) is 0 Å². The molecule has 0 bridgehead atoms. The molecule has 0 spiro atoms. The fourth-order valence-electron chi connectivity index (χ4n) is 1.82. The quantitative estimate of drug-likeness (QED) is 0.836. The number of aromatic nitrogens is 2. The van der Waals surface area contributed by atoms with Gasteiger partial charge in [0.1, 0.15) is 0 Å². The van der Waals surface area contributed by atoms with Gasteiger partial charge in [0.05, 0.1) is 11.4 Å². The van der Waals surface area contributed by atoms with E-state index in [2.05, 4.69) is 34.3 Å². The fourth-order valence-corrected chi connectivity index (χ4v) is 2.03. The molecule has 0 amide bonds. The van der Waals surface area contributed by atoms with Gasteiger partial charge >= 0.3 is 0 Å². The lowest BCUT2D eigenvalue weighted by molar-refractivity contribution is 0.922. The van der Waals surface area contributed by atoms with Crippen LogP contribution in [0.5, 0.6) is 0 Å². The number of halogens is 1. The van der Waals surface area contributed by atoms with Crippen LogP contribution in [0.25, 0.3) is 0 Å². The average molecular weight is 277 g/mol. The van der Waals surface area contributed by atoms with Crippen LogP contribution in [0.15, 0.2) is 24.3 Å². The monoisotopic (exact) mass is 276 g/mol. The molecule has 0 aliphatic rings. The van der Waals surface area contributed by atoms with Crippen molar-refractivity contribution in [1.29, 1.82) is 0 Å². The predicted octanol–water partition coefficient (Wildman–Crippen LogP) is 3.72. The highest BCUT2D eigenvalue weighted by Gasteiger charge is 2.07. The molecule has 1 aromatic heterocycles. The van der Waals surface area contributed by atoms with Gasteiger partial charge < -0.3 is 11.1 Å². The first-order valence-electron chi connectivity index (χ1n) is 6.25. The Morgan fingerprint density at radius 1 is 1.21 bits per heavy atom. The molecule has 1 aromatic carbocycles. The molecule has 5 heteroatoms. The number of nitrogens with zero attached hydrogens (tertiary/aromatic N) is 2. The molecule has 0 radical (unpaired) electrons. The number of hydrogen-bond acceptors (Lipinski definition) is 4. The van der Waals surface area contributed by atoms with E-state index in [1.807, 2.05) is 12.1 Å². The molecule has 100 valence electrons. The molecule has 2 aromatic rings. The van der Waals surface area contributed by atoms with E-state index in [1.54, 1.807) is 6.92 Å². The van der Waals surface area contributed by atoms with E-state index in [9.17, 15) is 0 Å². The van der Waals surface area contributed by atoms with Crippen molar-refractivity contribution in [3.05, 3.63) is 40.8 Å². The van der Waals surface area contributed by atoms with Crippen molar-refractivity contribution in [2.45, 2.75) is 26.7 Å². The van der Waals surface area contributed by atoms with Crippen molar-refractivity contribution in [3.8, 4) is 0 Å². The summed E-state index contributed by atoms with van der Waals surface area (Å²) in [7, 11) is 0. The van der Waals surface area contributed by atoms with Crippen LogP contribution in [0.1, 0.15) is 24.6 Å². The summed E-state index contributed by atoms with van der Waals surface area (Å²) in [5.74, 6) is 0.542. The number of benzene rings is 1. The van der Waals surface area contributed by atoms with Gasteiger partial charge in [0, 0.05) is 5.69 Å². The number of anilines is 3. The maximum absolute atomic E-state index is 5.93. The summed E-state index contributed by atoms with van der Waals surface area (Å²) in [5, 5.41) is 3.35.